The minimum atomic E-state index is -0.793. The van der Waals surface area contributed by atoms with E-state index in [0.717, 1.165) is 23.5 Å². The van der Waals surface area contributed by atoms with Gasteiger partial charge in [-0.05, 0) is 43.9 Å². The molecule has 0 aliphatic heterocycles. The van der Waals surface area contributed by atoms with Crippen molar-refractivity contribution in [1.82, 2.24) is 4.57 Å². The smallest absolute Gasteiger partial charge is 0.348 e. The number of aromatic nitrogens is 1. The van der Waals surface area contributed by atoms with Crippen LogP contribution in [0.15, 0.2) is 11.6 Å². The average Bonchev–Trinajstić information content (AvgIpc) is 3.03. The van der Waals surface area contributed by atoms with Gasteiger partial charge >= 0.3 is 5.97 Å². The number of halogens is 2. The summed E-state index contributed by atoms with van der Waals surface area (Å²) in [5.41, 5.74) is 2.97. The summed E-state index contributed by atoms with van der Waals surface area (Å²) in [5, 5.41) is 9.28. The number of alkyl halides is 2. The van der Waals surface area contributed by atoms with Crippen LogP contribution in [-0.2, 0) is 16.1 Å². The number of aryl methyl sites for hydroxylation is 1. The molecule has 0 saturated heterocycles. The first-order valence-corrected chi connectivity index (χ1v) is 8.74. The third kappa shape index (κ3) is 4.34. The summed E-state index contributed by atoms with van der Waals surface area (Å²) in [6, 6.07) is 3.90. The zero-order valence-electron chi connectivity index (χ0n) is 14.4. The molecule has 24 heavy (non-hydrogen) atoms. The van der Waals surface area contributed by atoms with Gasteiger partial charge in [0, 0.05) is 23.9 Å². The Bertz CT molecular complexity index is 711. The van der Waals surface area contributed by atoms with E-state index in [9.17, 15) is 10.1 Å². The second-order valence-electron chi connectivity index (χ2n) is 6.76. The summed E-state index contributed by atoms with van der Waals surface area (Å²) >= 11 is 11.8. The van der Waals surface area contributed by atoms with Gasteiger partial charge in [0.1, 0.15) is 16.0 Å². The van der Waals surface area contributed by atoms with E-state index in [-0.39, 0.29) is 18.1 Å². The molecule has 130 valence electrons. The highest BCUT2D eigenvalue weighted by Crippen LogP contribution is 2.53. The fourth-order valence-electron chi connectivity index (χ4n) is 2.62. The number of nitriles is 1. The SMILES string of the molecule is Cc1cc(/C=C(/C#N)C(=O)OC[C@H]2CC2(Cl)Cl)c(C)n1CC(C)C. The van der Waals surface area contributed by atoms with Crippen molar-refractivity contribution in [1.29, 1.82) is 5.26 Å². The van der Waals surface area contributed by atoms with E-state index in [2.05, 4.69) is 18.4 Å². The third-order valence-electron chi connectivity index (χ3n) is 4.17. The molecule has 4 nitrogen and oxygen atoms in total. The summed E-state index contributed by atoms with van der Waals surface area (Å²) in [5.74, 6) is -0.181. The van der Waals surface area contributed by atoms with Gasteiger partial charge in [0.15, 0.2) is 0 Å². The van der Waals surface area contributed by atoms with Crippen LogP contribution in [0.3, 0.4) is 0 Å². The van der Waals surface area contributed by atoms with Gasteiger partial charge in [-0.3, -0.25) is 0 Å². The minimum Gasteiger partial charge on any atom is -0.461 e. The molecule has 0 spiro atoms. The Morgan fingerprint density at radius 2 is 2.17 bits per heavy atom. The molecule has 1 aliphatic rings. The lowest BCUT2D eigenvalue weighted by Crippen LogP contribution is -2.11. The van der Waals surface area contributed by atoms with Crippen LogP contribution in [0.25, 0.3) is 6.08 Å². The molecule has 0 bridgehead atoms. The Balaban J connectivity index is 2.12. The average molecular weight is 369 g/mol. The normalized spacial score (nSPS) is 19.2. The van der Waals surface area contributed by atoms with Crippen molar-refractivity contribution in [3.63, 3.8) is 0 Å². The molecule has 0 N–H and O–H groups in total. The van der Waals surface area contributed by atoms with Gasteiger partial charge in [0.05, 0.1) is 6.61 Å². The number of carbonyl (C=O) groups is 1. The molecular weight excluding hydrogens is 347 g/mol. The molecule has 0 amide bonds. The predicted octanol–water partition coefficient (Wildman–Crippen LogP) is 4.40. The fourth-order valence-corrected chi connectivity index (χ4v) is 3.12. The molecule has 1 fully saturated rings. The minimum absolute atomic E-state index is 0.0183. The Kier molecular flexibility index (Phi) is 5.67. The van der Waals surface area contributed by atoms with E-state index in [0.29, 0.717) is 12.3 Å². The number of nitrogens with zero attached hydrogens (tertiary/aromatic N) is 2. The van der Waals surface area contributed by atoms with Crippen molar-refractivity contribution in [2.45, 2.75) is 45.0 Å². The summed E-state index contributed by atoms with van der Waals surface area (Å²) < 4.78 is 6.56. The summed E-state index contributed by atoms with van der Waals surface area (Å²) in [7, 11) is 0. The van der Waals surface area contributed by atoms with Crippen LogP contribution in [0.2, 0.25) is 0 Å². The predicted molar refractivity (Wildman–Crippen MR) is 95.8 cm³/mol. The monoisotopic (exact) mass is 368 g/mol. The van der Waals surface area contributed by atoms with Crippen LogP contribution in [0.1, 0.15) is 37.2 Å². The van der Waals surface area contributed by atoms with E-state index in [1.54, 1.807) is 6.08 Å². The van der Waals surface area contributed by atoms with Gasteiger partial charge < -0.3 is 9.30 Å². The molecule has 0 aromatic carbocycles. The largest absolute Gasteiger partial charge is 0.461 e. The van der Waals surface area contributed by atoms with Crippen LogP contribution < -0.4 is 0 Å². The lowest BCUT2D eigenvalue weighted by Gasteiger charge is -2.12. The zero-order chi connectivity index (χ0) is 18.1. The zero-order valence-corrected chi connectivity index (χ0v) is 15.9. The maximum Gasteiger partial charge on any atom is 0.348 e. The van der Waals surface area contributed by atoms with Crippen molar-refractivity contribution in [3.8, 4) is 6.07 Å². The number of hydrogen-bond donors (Lipinski definition) is 0. The van der Waals surface area contributed by atoms with Crippen molar-refractivity contribution in [2.75, 3.05) is 6.61 Å². The quantitative estimate of drug-likeness (QED) is 0.323. The Labute approximate surface area is 153 Å². The van der Waals surface area contributed by atoms with Crippen LogP contribution in [0, 0.1) is 37.0 Å². The summed E-state index contributed by atoms with van der Waals surface area (Å²) in [6.07, 6.45) is 2.19. The molecule has 1 atom stereocenters. The highest BCUT2D eigenvalue weighted by atomic mass is 35.5. The fraction of sp³-hybridized carbons (Fsp3) is 0.556. The molecule has 1 aromatic heterocycles. The van der Waals surface area contributed by atoms with Crippen molar-refractivity contribution < 1.29 is 9.53 Å². The third-order valence-corrected chi connectivity index (χ3v) is 5.10. The molecule has 0 radical (unpaired) electrons. The number of rotatable bonds is 6. The van der Waals surface area contributed by atoms with Gasteiger partial charge in [0.2, 0.25) is 0 Å². The number of hydrogen-bond acceptors (Lipinski definition) is 3. The second-order valence-corrected chi connectivity index (χ2v) is 8.30. The van der Waals surface area contributed by atoms with Crippen LogP contribution in [-0.4, -0.2) is 21.5 Å². The Hall–Kier alpha value is -1.44. The van der Waals surface area contributed by atoms with E-state index < -0.39 is 10.3 Å². The van der Waals surface area contributed by atoms with E-state index in [1.165, 1.54) is 0 Å². The number of ether oxygens (including phenoxy) is 1. The van der Waals surface area contributed by atoms with Crippen LogP contribution in [0.4, 0.5) is 0 Å². The summed E-state index contributed by atoms with van der Waals surface area (Å²) in [6.45, 7) is 9.34. The van der Waals surface area contributed by atoms with Gasteiger partial charge in [0.25, 0.3) is 0 Å². The first kappa shape index (κ1) is 18.9. The molecule has 1 heterocycles. The molecule has 6 heteroatoms. The molecule has 0 unspecified atom stereocenters. The van der Waals surface area contributed by atoms with Gasteiger partial charge in [-0.2, -0.15) is 5.26 Å². The van der Waals surface area contributed by atoms with E-state index in [1.807, 2.05) is 26.0 Å². The first-order chi connectivity index (χ1) is 11.2. The lowest BCUT2D eigenvalue weighted by molar-refractivity contribution is -0.138. The molecule has 2 rings (SSSR count). The molecular formula is C18H22Cl2N2O2. The lowest BCUT2D eigenvalue weighted by atomic mass is 10.1. The standard InChI is InChI=1S/C18H22Cl2N2O2/c1-11(2)9-22-12(3)5-14(13(22)4)6-15(8-21)17(23)24-10-16-7-18(16,19)20/h5-6,11,16H,7,9-10H2,1-4H3/b15-6-/t16-/m1/s1. The maximum absolute atomic E-state index is 12.1. The van der Waals surface area contributed by atoms with Crippen molar-refractivity contribution >= 4 is 35.2 Å². The molecule has 1 aromatic rings. The Morgan fingerprint density at radius 3 is 2.67 bits per heavy atom. The van der Waals surface area contributed by atoms with Crippen molar-refractivity contribution in [3.05, 3.63) is 28.6 Å². The molecule has 1 saturated carbocycles. The van der Waals surface area contributed by atoms with Crippen LogP contribution in [0.5, 0.6) is 0 Å². The van der Waals surface area contributed by atoms with E-state index >= 15 is 0 Å². The van der Waals surface area contributed by atoms with Crippen LogP contribution >= 0.6 is 23.2 Å². The highest BCUT2D eigenvalue weighted by Gasteiger charge is 2.52. The van der Waals surface area contributed by atoms with E-state index in [4.69, 9.17) is 27.9 Å². The topological polar surface area (TPSA) is 55.0 Å². The second kappa shape index (κ2) is 7.21. The maximum atomic E-state index is 12.1. The van der Waals surface area contributed by atoms with Crippen molar-refractivity contribution in [2.24, 2.45) is 11.8 Å². The highest BCUT2D eigenvalue weighted by molar-refractivity contribution is 6.50. The number of carbonyl (C=O) groups excluding carboxylic acids is 1. The first-order valence-electron chi connectivity index (χ1n) is 7.99. The summed E-state index contributed by atoms with van der Waals surface area (Å²) in [4.78, 5) is 12.1. The Morgan fingerprint density at radius 1 is 1.54 bits per heavy atom. The number of esters is 1. The van der Waals surface area contributed by atoms with Gasteiger partial charge in [-0.15, -0.1) is 23.2 Å². The van der Waals surface area contributed by atoms with Gasteiger partial charge in [-0.1, -0.05) is 13.8 Å². The van der Waals surface area contributed by atoms with Gasteiger partial charge in [-0.25, -0.2) is 4.79 Å². The molecule has 1 aliphatic carbocycles.